The molecular formula is C59H75F12I2NO31. The number of esters is 12. The second-order valence-electron chi connectivity index (χ2n) is 23.7. The number of hydrogen-bond donors (Lipinski definition) is 1. The van der Waals surface area contributed by atoms with Crippen molar-refractivity contribution in [1.29, 1.82) is 0 Å². The van der Waals surface area contributed by atoms with E-state index in [0.29, 0.717) is 29.5 Å². The molecule has 3 aliphatic heterocycles. The first kappa shape index (κ1) is 92.7. The highest BCUT2D eigenvalue weighted by molar-refractivity contribution is 14.1. The van der Waals surface area contributed by atoms with Crippen LogP contribution in [0.2, 0.25) is 0 Å². The van der Waals surface area contributed by atoms with Gasteiger partial charge < -0.3 is 90.6 Å². The Bertz CT molecular complexity index is 2890. The molecule has 3 saturated heterocycles. The number of nitrogens with one attached hydrogen (secondary N) is 1. The number of carbonyl (C=O) groups excluding carboxylic acids is 13. The Kier molecular flexibility index (Phi) is 34.0. The molecule has 3 rings (SSSR count). The van der Waals surface area contributed by atoms with Gasteiger partial charge in [0.2, 0.25) is 5.91 Å². The van der Waals surface area contributed by atoms with E-state index in [9.17, 15) is 79.9 Å². The number of amides is 1. The molecule has 1 amide bonds. The fourth-order valence-electron chi connectivity index (χ4n) is 10.3. The third-order valence-electron chi connectivity index (χ3n) is 14.3. The van der Waals surface area contributed by atoms with Gasteiger partial charge in [0, 0.05) is 110 Å². The van der Waals surface area contributed by atoms with Crippen LogP contribution in [0.1, 0.15) is 109 Å². The highest BCUT2D eigenvalue weighted by Gasteiger charge is 2.90. The minimum atomic E-state index is -8.08. The lowest BCUT2D eigenvalue weighted by Gasteiger charge is -2.47. The van der Waals surface area contributed by atoms with Crippen LogP contribution in [0.3, 0.4) is 0 Å². The number of carbonyl (C=O) groups is 13. The summed E-state index contributed by atoms with van der Waals surface area (Å²) in [6, 6.07) is 0. The zero-order chi connectivity index (χ0) is 80.6. The van der Waals surface area contributed by atoms with Crippen molar-refractivity contribution in [3.05, 3.63) is 0 Å². The number of alkyl halides is 14. The molecule has 0 spiro atoms. The zero-order valence-corrected chi connectivity index (χ0v) is 61.9. The summed E-state index contributed by atoms with van der Waals surface area (Å²) >= 11 is 1.62. The predicted molar refractivity (Wildman–Crippen MR) is 329 cm³/mol. The van der Waals surface area contributed by atoms with Gasteiger partial charge in [-0.2, -0.15) is 52.7 Å². The van der Waals surface area contributed by atoms with E-state index in [4.69, 9.17) is 85.3 Å². The van der Waals surface area contributed by atoms with Crippen LogP contribution in [0.25, 0.3) is 0 Å². The molecule has 0 aromatic rings. The molecule has 0 aliphatic carbocycles. The van der Waals surface area contributed by atoms with Gasteiger partial charge in [0.05, 0.1) is 19.8 Å². The summed E-state index contributed by atoms with van der Waals surface area (Å²) in [6.07, 6.45) is -39.5. The Balaban J connectivity index is 2.62. The average Bonchev–Trinajstić information content (AvgIpc) is 0.708. The van der Waals surface area contributed by atoms with Gasteiger partial charge >= 0.3 is 107 Å². The summed E-state index contributed by atoms with van der Waals surface area (Å²) < 4.78 is 279. The Morgan fingerprint density at radius 1 is 0.343 bits per heavy atom. The van der Waals surface area contributed by atoms with Crippen LogP contribution in [0.5, 0.6) is 0 Å². The summed E-state index contributed by atoms with van der Waals surface area (Å²) in [5, 5.41) is 2.10. The maximum Gasteiger partial charge on any atom is 0.384 e. The molecule has 0 bridgehead atoms. The van der Waals surface area contributed by atoms with Crippen molar-refractivity contribution in [2.45, 2.75) is 250 Å². The van der Waals surface area contributed by atoms with E-state index in [1.165, 1.54) is 0 Å². The van der Waals surface area contributed by atoms with E-state index in [1.807, 2.05) is 0 Å². The van der Waals surface area contributed by atoms with Crippen molar-refractivity contribution < 1.29 is 200 Å². The van der Waals surface area contributed by atoms with E-state index in [0.717, 1.165) is 106 Å². The fraction of sp³-hybridized carbons (Fsp3) is 0.780. The van der Waals surface area contributed by atoms with Crippen molar-refractivity contribution in [2.75, 3.05) is 39.6 Å². The van der Waals surface area contributed by atoms with Gasteiger partial charge in [-0.1, -0.05) is 52.1 Å². The third kappa shape index (κ3) is 25.6. The topological polar surface area (TPSA) is 400 Å². The summed E-state index contributed by atoms with van der Waals surface area (Å²) in [5.74, 6) is -60.7. The van der Waals surface area contributed by atoms with Gasteiger partial charge in [0.25, 0.3) is 0 Å². The van der Waals surface area contributed by atoms with Crippen LogP contribution < -0.4 is 5.32 Å². The van der Waals surface area contributed by atoms with Gasteiger partial charge in [-0.25, -0.2) is 0 Å². The third-order valence-corrected chi connectivity index (χ3v) is 15.7. The first-order valence-electron chi connectivity index (χ1n) is 30.7. The maximum absolute atomic E-state index is 15.9. The average molecular weight is 1780 g/mol. The molecule has 3 heterocycles. The summed E-state index contributed by atoms with van der Waals surface area (Å²) in [7, 11) is 0. The van der Waals surface area contributed by atoms with Crippen molar-refractivity contribution in [3.63, 3.8) is 0 Å². The van der Waals surface area contributed by atoms with Crippen LogP contribution in [-0.2, 0) is 148 Å². The number of rotatable bonds is 36. The van der Waals surface area contributed by atoms with Crippen LogP contribution >= 0.6 is 45.2 Å². The molecule has 32 nitrogen and oxygen atoms in total. The minimum Gasteiger partial charge on any atom is -0.463 e. The Hall–Kier alpha value is -6.51. The van der Waals surface area contributed by atoms with Crippen molar-refractivity contribution >= 4 is 123 Å². The second-order valence-corrected chi connectivity index (χ2v) is 27.5. The second kappa shape index (κ2) is 38.5. The summed E-state index contributed by atoms with van der Waals surface area (Å²) in [4.78, 5) is 167. The number of hydrogen-bond acceptors (Lipinski definition) is 31. The molecule has 3 aliphatic rings. The lowest BCUT2D eigenvalue weighted by atomic mass is 9.88. The van der Waals surface area contributed by atoms with E-state index in [-0.39, 0.29) is 0 Å². The van der Waals surface area contributed by atoms with Crippen LogP contribution in [0, 0.1) is 0 Å². The highest BCUT2D eigenvalue weighted by atomic mass is 127. The molecular weight excluding hydrogens is 1700 g/mol. The first-order chi connectivity index (χ1) is 48.1. The normalized spacial score (nSPS) is 26.0. The molecule has 105 heavy (non-hydrogen) atoms. The lowest BCUT2D eigenvalue weighted by Crippen LogP contribution is -2.70. The fourth-order valence-corrected chi connectivity index (χ4v) is 11.8. The Labute approximate surface area is 615 Å². The monoisotopic (exact) mass is 1780 g/mol. The molecule has 17 atom stereocenters. The quantitative estimate of drug-likeness (QED) is 0.0291. The van der Waals surface area contributed by atoms with Crippen LogP contribution in [0.15, 0.2) is 0 Å². The molecule has 3 fully saturated rings. The van der Waals surface area contributed by atoms with Gasteiger partial charge in [-0.05, 0) is 0 Å². The predicted octanol–water partition coefficient (Wildman–Crippen LogP) is 4.75. The van der Waals surface area contributed by atoms with Crippen molar-refractivity contribution in [2.24, 2.45) is 0 Å². The van der Waals surface area contributed by atoms with Crippen LogP contribution in [0.4, 0.5) is 52.7 Å². The Morgan fingerprint density at radius 3 is 0.800 bits per heavy atom. The van der Waals surface area contributed by atoms with E-state index in [2.05, 4.69) is 5.32 Å². The largest absolute Gasteiger partial charge is 0.463 e. The van der Waals surface area contributed by atoms with Gasteiger partial charge in [0.1, 0.15) is 43.7 Å². The summed E-state index contributed by atoms with van der Waals surface area (Å²) in [5.41, 5.74) is -3.14. The summed E-state index contributed by atoms with van der Waals surface area (Å²) in [6.45, 7) is 2.31. The first-order valence-corrected chi connectivity index (χ1v) is 33.2. The van der Waals surface area contributed by atoms with Gasteiger partial charge in [-0.15, -0.1) is 0 Å². The SMILES string of the molecule is CC(=O)OC[C@H]1O[C@@H](OCC(CO[C@@H]2O[C@H](COC(C)=O)[C@@H](OC(C)=O)[C@H](OC(C)=O)[C@H]2OC(C)=O)(CO[C@@H]2O[C@H](COC(C)=O)[C@@H](OC(C)=O)[C@H](OC(C)=O)[C@H]2OC(C)=O)NC(=O)CC(I)CC(F)(F)C(F)(F)C(F)(F)C(F)(F)C(F)(F)C(F)(F)CC(C)I)[C@H](OC(C)=O)[C@@H](OC(C)=O)[C@@H]1OC(C)=O. The molecule has 1 N–H and O–H groups in total. The molecule has 0 aromatic carbocycles. The maximum atomic E-state index is 15.9. The smallest absolute Gasteiger partial charge is 0.384 e. The van der Waals surface area contributed by atoms with Crippen molar-refractivity contribution in [3.8, 4) is 0 Å². The zero-order valence-electron chi connectivity index (χ0n) is 57.6. The van der Waals surface area contributed by atoms with E-state index in [1.54, 1.807) is 0 Å². The van der Waals surface area contributed by atoms with E-state index < -0.39 is 277 Å². The number of ether oxygens (including phenoxy) is 18. The molecule has 0 saturated carbocycles. The molecule has 46 heteroatoms. The van der Waals surface area contributed by atoms with Crippen molar-refractivity contribution in [1.82, 2.24) is 5.32 Å². The van der Waals surface area contributed by atoms with Gasteiger partial charge in [-0.3, -0.25) is 62.3 Å². The van der Waals surface area contributed by atoms with E-state index >= 15 is 35.1 Å². The molecule has 0 radical (unpaired) electrons. The molecule has 0 aromatic heterocycles. The standard InChI is InChI=1S/C59H75F12I2NO31/c1-23(72)15-54(60,61)56(64,65)58(68,69)59(70,71)57(66,67)55(62,63)16-36(73)14-40(87)74-53(20-91-50-47(100-33(11)84)44(97-30(8)81)41(94-27(5)78)37(103-50)17-88-24(2)75,21-92-51-48(101-34(12)85)45(98-31(9)82)42(95-28(6)79)38(104-51)18-89-25(3)76)22-93-52-49(102-35(13)86)46(99-32(10)83)43(96-29(7)80)39(105-52)19-90-26(4)77/h23,36-39,41-52H,14-22H2,1-13H3,(H,74,87)/t23?,36?,37-,38-,39-,41-,42-,43-,44+,45+,46+,47-,48-,49-,50-,51-,52-/m1/s1. The minimum absolute atomic E-state index is 0.670. The van der Waals surface area contributed by atoms with Gasteiger partial charge in [0.15, 0.2) is 73.8 Å². The Morgan fingerprint density at radius 2 is 0.571 bits per heavy atom. The highest BCUT2D eigenvalue weighted by Crippen LogP contribution is 2.61. The number of halogens is 14. The molecule has 600 valence electrons. The molecule has 2 unspecified atom stereocenters. The lowest BCUT2D eigenvalue weighted by molar-refractivity contribution is -0.425. The van der Waals surface area contributed by atoms with Crippen LogP contribution in [-0.4, -0.2) is 258 Å².